The molecule has 0 bridgehead atoms. The van der Waals surface area contributed by atoms with E-state index in [9.17, 15) is 17.6 Å². The Labute approximate surface area is 134 Å². The lowest BCUT2D eigenvalue weighted by molar-refractivity contribution is -0.137. The van der Waals surface area contributed by atoms with Gasteiger partial charge in [0.15, 0.2) is 0 Å². The van der Waals surface area contributed by atoms with Crippen LogP contribution in [-0.2, 0) is 12.7 Å². The van der Waals surface area contributed by atoms with Crippen LogP contribution in [0.15, 0.2) is 42.9 Å². The van der Waals surface area contributed by atoms with Crippen molar-refractivity contribution in [2.75, 3.05) is 0 Å². The van der Waals surface area contributed by atoms with Gasteiger partial charge in [-0.15, -0.1) is 0 Å². The molecule has 3 aromatic rings. The van der Waals surface area contributed by atoms with Crippen molar-refractivity contribution in [1.29, 1.82) is 0 Å². The number of aromatic nitrogens is 4. The number of benzene rings is 1. The number of aryl methyl sites for hydroxylation is 1. The fourth-order valence-electron chi connectivity index (χ4n) is 2.31. The van der Waals surface area contributed by atoms with E-state index in [4.69, 9.17) is 0 Å². The van der Waals surface area contributed by atoms with Gasteiger partial charge in [0.25, 0.3) is 0 Å². The van der Waals surface area contributed by atoms with Crippen LogP contribution in [0.2, 0.25) is 0 Å². The fourth-order valence-corrected chi connectivity index (χ4v) is 2.31. The number of halogens is 4. The third-order valence-corrected chi connectivity index (χ3v) is 3.52. The van der Waals surface area contributed by atoms with E-state index in [0.717, 1.165) is 18.0 Å². The van der Waals surface area contributed by atoms with Crippen LogP contribution in [0, 0.1) is 12.7 Å². The number of hydrogen-bond acceptors (Lipinski definition) is 3. The largest absolute Gasteiger partial charge is 0.416 e. The Morgan fingerprint density at radius 3 is 2.54 bits per heavy atom. The van der Waals surface area contributed by atoms with Crippen molar-refractivity contribution in [1.82, 2.24) is 19.7 Å². The van der Waals surface area contributed by atoms with Crippen LogP contribution in [0.3, 0.4) is 0 Å². The van der Waals surface area contributed by atoms with Gasteiger partial charge < -0.3 is 4.57 Å². The van der Waals surface area contributed by atoms with E-state index in [0.29, 0.717) is 23.9 Å². The molecule has 4 nitrogen and oxygen atoms in total. The Kier molecular flexibility index (Phi) is 4.04. The summed E-state index contributed by atoms with van der Waals surface area (Å²) in [6.07, 6.45) is 0.0790. The van der Waals surface area contributed by atoms with Crippen molar-refractivity contribution in [2.24, 2.45) is 0 Å². The van der Waals surface area contributed by atoms with Gasteiger partial charge in [-0.05, 0) is 36.8 Å². The first-order chi connectivity index (χ1) is 11.3. The summed E-state index contributed by atoms with van der Waals surface area (Å²) in [5.74, 6) is -0.184. The molecule has 0 fully saturated rings. The summed E-state index contributed by atoms with van der Waals surface area (Å²) in [4.78, 5) is 4.08. The Morgan fingerprint density at radius 1 is 1.08 bits per heavy atom. The van der Waals surface area contributed by atoms with E-state index in [1.807, 2.05) is 11.5 Å². The maximum absolute atomic E-state index is 13.6. The van der Waals surface area contributed by atoms with Gasteiger partial charge in [0.05, 0.1) is 24.0 Å². The minimum Gasteiger partial charge on any atom is -0.329 e. The number of imidazole rings is 1. The van der Waals surface area contributed by atoms with Crippen LogP contribution in [0.1, 0.15) is 17.1 Å². The quantitative estimate of drug-likeness (QED) is 0.682. The Morgan fingerprint density at radius 2 is 1.88 bits per heavy atom. The maximum Gasteiger partial charge on any atom is 0.416 e. The predicted molar refractivity (Wildman–Crippen MR) is 78.5 cm³/mol. The maximum atomic E-state index is 13.6. The molecule has 0 atom stereocenters. The molecule has 3 rings (SSSR count). The molecular weight excluding hydrogens is 324 g/mol. The number of alkyl halides is 3. The van der Waals surface area contributed by atoms with Crippen molar-refractivity contribution >= 4 is 0 Å². The first-order valence-electron chi connectivity index (χ1n) is 7.00. The highest BCUT2D eigenvalue weighted by atomic mass is 19.4. The molecule has 0 unspecified atom stereocenters. The van der Waals surface area contributed by atoms with Gasteiger partial charge in [0, 0.05) is 18.0 Å². The van der Waals surface area contributed by atoms with Gasteiger partial charge in [0.1, 0.15) is 11.6 Å². The van der Waals surface area contributed by atoms with Crippen LogP contribution in [-0.4, -0.2) is 19.7 Å². The highest BCUT2D eigenvalue weighted by molar-refractivity contribution is 5.63. The third kappa shape index (κ3) is 3.42. The molecule has 0 saturated carbocycles. The molecule has 0 saturated heterocycles. The minimum absolute atomic E-state index is 0.0980. The summed E-state index contributed by atoms with van der Waals surface area (Å²) in [6.45, 7) is 2.19. The van der Waals surface area contributed by atoms with Crippen molar-refractivity contribution in [3.05, 3.63) is 65.8 Å². The lowest BCUT2D eigenvalue weighted by Crippen LogP contribution is -2.06. The lowest BCUT2D eigenvalue weighted by Gasteiger charge is -2.10. The zero-order valence-electron chi connectivity index (χ0n) is 12.5. The Balaban J connectivity index is 1.97. The first kappa shape index (κ1) is 16.1. The monoisotopic (exact) mass is 336 g/mol. The summed E-state index contributed by atoms with van der Waals surface area (Å²) >= 11 is 0. The van der Waals surface area contributed by atoms with E-state index >= 15 is 0 Å². The van der Waals surface area contributed by atoms with E-state index in [-0.39, 0.29) is 5.56 Å². The second-order valence-electron chi connectivity index (χ2n) is 5.26. The molecule has 0 spiro atoms. The SMILES string of the molecule is Cc1nccn1Cc1cc(-c2cc(F)cc(C(F)(F)F)c2)cnn1. The summed E-state index contributed by atoms with van der Waals surface area (Å²) in [6, 6.07) is 3.99. The minimum atomic E-state index is -4.62. The fraction of sp³-hybridized carbons (Fsp3) is 0.188. The van der Waals surface area contributed by atoms with Crippen molar-refractivity contribution < 1.29 is 17.6 Å². The molecule has 2 heterocycles. The topological polar surface area (TPSA) is 43.6 Å². The van der Waals surface area contributed by atoms with Gasteiger partial charge in [-0.1, -0.05) is 0 Å². The lowest BCUT2D eigenvalue weighted by atomic mass is 10.0. The third-order valence-electron chi connectivity index (χ3n) is 3.52. The average molecular weight is 336 g/mol. The van der Waals surface area contributed by atoms with Gasteiger partial charge in [-0.25, -0.2) is 9.37 Å². The van der Waals surface area contributed by atoms with Crippen LogP contribution in [0.25, 0.3) is 11.1 Å². The number of hydrogen-bond donors (Lipinski definition) is 0. The molecule has 8 heteroatoms. The van der Waals surface area contributed by atoms with E-state index in [1.54, 1.807) is 18.5 Å². The van der Waals surface area contributed by atoms with Gasteiger partial charge in [-0.3, -0.25) is 0 Å². The molecule has 0 amide bonds. The van der Waals surface area contributed by atoms with E-state index in [1.165, 1.54) is 6.20 Å². The summed E-state index contributed by atoms with van der Waals surface area (Å²) in [5.41, 5.74) is -0.0451. The molecule has 24 heavy (non-hydrogen) atoms. The molecule has 0 radical (unpaired) electrons. The highest BCUT2D eigenvalue weighted by Gasteiger charge is 2.31. The molecule has 124 valence electrons. The van der Waals surface area contributed by atoms with E-state index < -0.39 is 17.6 Å². The Hall–Kier alpha value is -2.77. The zero-order valence-corrected chi connectivity index (χ0v) is 12.5. The standard InChI is InChI=1S/C16H12F4N4/c1-10-21-2-3-24(10)9-15-6-12(8-22-23-15)11-4-13(16(18,19)20)7-14(17)5-11/h2-8H,9H2,1H3. The molecule has 0 aliphatic rings. The second kappa shape index (κ2) is 6.03. The van der Waals surface area contributed by atoms with Gasteiger partial charge in [0.2, 0.25) is 0 Å². The summed E-state index contributed by atoms with van der Waals surface area (Å²) < 4.78 is 53.9. The highest BCUT2D eigenvalue weighted by Crippen LogP contribution is 2.33. The second-order valence-corrected chi connectivity index (χ2v) is 5.26. The number of rotatable bonds is 3. The first-order valence-corrected chi connectivity index (χ1v) is 7.00. The predicted octanol–water partition coefficient (Wildman–Crippen LogP) is 3.85. The Bertz CT molecular complexity index is 871. The summed E-state index contributed by atoms with van der Waals surface area (Å²) in [5, 5.41) is 7.77. The average Bonchev–Trinajstić information content (AvgIpc) is 2.91. The normalized spacial score (nSPS) is 11.7. The molecule has 1 aromatic carbocycles. The smallest absolute Gasteiger partial charge is 0.329 e. The van der Waals surface area contributed by atoms with Crippen LogP contribution in [0.4, 0.5) is 17.6 Å². The van der Waals surface area contributed by atoms with Gasteiger partial charge >= 0.3 is 6.18 Å². The molecular formula is C16H12F4N4. The van der Waals surface area contributed by atoms with Crippen molar-refractivity contribution in [3.8, 4) is 11.1 Å². The molecule has 2 aromatic heterocycles. The van der Waals surface area contributed by atoms with Gasteiger partial charge in [-0.2, -0.15) is 23.4 Å². The van der Waals surface area contributed by atoms with Crippen molar-refractivity contribution in [2.45, 2.75) is 19.6 Å². The van der Waals surface area contributed by atoms with Crippen LogP contribution in [0.5, 0.6) is 0 Å². The number of nitrogens with zero attached hydrogens (tertiary/aromatic N) is 4. The van der Waals surface area contributed by atoms with E-state index in [2.05, 4.69) is 15.2 Å². The molecule has 0 N–H and O–H groups in total. The van der Waals surface area contributed by atoms with Crippen LogP contribution < -0.4 is 0 Å². The zero-order chi connectivity index (χ0) is 17.3. The molecule has 0 aliphatic carbocycles. The summed E-state index contributed by atoms with van der Waals surface area (Å²) in [7, 11) is 0. The van der Waals surface area contributed by atoms with Crippen molar-refractivity contribution in [3.63, 3.8) is 0 Å². The molecule has 0 aliphatic heterocycles. The van der Waals surface area contributed by atoms with Crippen LogP contribution >= 0.6 is 0 Å².